The van der Waals surface area contributed by atoms with Crippen molar-refractivity contribution in [1.29, 1.82) is 0 Å². The standard InChI is InChI=1S/C22H22ClN3O2/c23-18-9-3-1-7-16(18)13-24-21(27)17-8-5-11-26(14-17)22(28)20-12-15-6-2-4-10-19(15)25-20/h1-4,6-7,9-10,12,17,25H,5,8,11,13-14H2,(H,24,27)/t17-/m1/s1. The van der Waals surface area contributed by atoms with Gasteiger partial charge in [-0.25, -0.2) is 0 Å². The Labute approximate surface area is 168 Å². The molecule has 0 spiro atoms. The number of piperidine rings is 1. The number of carbonyl (C=O) groups is 2. The van der Waals surface area contributed by atoms with Gasteiger partial charge in [0, 0.05) is 35.6 Å². The smallest absolute Gasteiger partial charge is 0.270 e. The lowest BCUT2D eigenvalue weighted by atomic mass is 9.96. The number of aromatic nitrogens is 1. The zero-order valence-electron chi connectivity index (χ0n) is 15.5. The van der Waals surface area contributed by atoms with Gasteiger partial charge in [0.1, 0.15) is 5.69 Å². The molecule has 1 aliphatic rings. The molecule has 2 heterocycles. The van der Waals surface area contributed by atoms with Gasteiger partial charge >= 0.3 is 0 Å². The van der Waals surface area contributed by atoms with Crippen LogP contribution in [0.4, 0.5) is 0 Å². The normalized spacial score (nSPS) is 16.9. The third-order valence-corrected chi connectivity index (χ3v) is 5.62. The molecule has 28 heavy (non-hydrogen) atoms. The summed E-state index contributed by atoms with van der Waals surface area (Å²) in [5.41, 5.74) is 2.40. The number of likely N-dealkylation sites (tertiary alicyclic amines) is 1. The zero-order valence-corrected chi connectivity index (χ0v) is 16.2. The third-order valence-electron chi connectivity index (χ3n) is 5.25. The molecule has 0 saturated carbocycles. The average Bonchev–Trinajstić information content (AvgIpc) is 3.17. The number of nitrogens with zero attached hydrogens (tertiary/aromatic N) is 1. The number of H-pyrrole nitrogens is 1. The summed E-state index contributed by atoms with van der Waals surface area (Å²) < 4.78 is 0. The van der Waals surface area contributed by atoms with Gasteiger partial charge in [-0.15, -0.1) is 0 Å². The molecule has 4 rings (SSSR count). The van der Waals surface area contributed by atoms with Crippen molar-refractivity contribution in [1.82, 2.24) is 15.2 Å². The number of carbonyl (C=O) groups excluding carboxylic acids is 2. The fraction of sp³-hybridized carbons (Fsp3) is 0.273. The molecular weight excluding hydrogens is 374 g/mol. The van der Waals surface area contributed by atoms with Crippen LogP contribution in [-0.2, 0) is 11.3 Å². The quantitative estimate of drug-likeness (QED) is 0.701. The molecule has 5 nitrogen and oxygen atoms in total. The number of aromatic amines is 1. The number of para-hydroxylation sites is 1. The van der Waals surface area contributed by atoms with E-state index in [4.69, 9.17) is 11.6 Å². The highest BCUT2D eigenvalue weighted by molar-refractivity contribution is 6.31. The minimum absolute atomic E-state index is 0.0333. The lowest BCUT2D eigenvalue weighted by molar-refractivity contribution is -0.126. The fourth-order valence-corrected chi connectivity index (χ4v) is 3.91. The Balaban J connectivity index is 1.40. The molecule has 1 aliphatic heterocycles. The summed E-state index contributed by atoms with van der Waals surface area (Å²) in [7, 11) is 0. The average molecular weight is 396 g/mol. The van der Waals surface area contributed by atoms with Crippen LogP contribution in [0, 0.1) is 5.92 Å². The number of hydrogen-bond acceptors (Lipinski definition) is 2. The van der Waals surface area contributed by atoms with Crippen LogP contribution in [0.5, 0.6) is 0 Å². The van der Waals surface area contributed by atoms with E-state index < -0.39 is 0 Å². The van der Waals surface area contributed by atoms with Crippen LogP contribution in [0.15, 0.2) is 54.6 Å². The van der Waals surface area contributed by atoms with Crippen molar-refractivity contribution in [3.63, 3.8) is 0 Å². The van der Waals surface area contributed by atoms with E-state index >= 15 is 0 Å². The summed E-state index contributed by atoms with van der Waals surface area (Å²) in [6.45, 7) is 1.50. The van der Waals surface area contributed by atoms with Gasteiger partial charge in [-0.3, -0.25) is 9.59 Å². The SMILES string of the molecule is O=C(NCc1ccccc1Cl)[C@@H]1CCCN(C(=O)c2cc3ccccc3[nH]2)C1. The molecule has 1 saturated heterocycles. The zero-order chi connectivity index (χ0) is 19.5. The van der Waals surface area contributed by atoms with Crippen molar-refractivity contribution in [3.8, 4) is 0 Å². The van der Waals surface area contributed by atoms with Crippen LogP contribution in [0.2, 0.25) is 5.02 Å². The maximum Gasteiger partial charge on any atom is 0.270 e. The highest BCUT2D eigenvalue weighted by Gasteiger charge is 2.29. The Bertz CT molecular complexity index is 981. The molecular formula is C22H22ClN3O2. The molecule has 2 N–H and O–H groups in total. The summed E-state index contributed by atoms with van der Waals surface area (Å²) in [6.07, 6.45) is 1.60. The van der Waals surface area contributed by atoms with Gasteiger partial charge in [0.25, 0.3) is 5.91 Å². The van der Waals surface area contributed by atoms with E-state index in [0.717, 1.165) is 29.3 Å². The molecule has 6 heteroatoms. The number of benzene rings is 2. The maximum atomic E-state index is 12.9. The summed E-state index contributed by atoms with van der Waals surface area (Å²) in [6, 6.07) is 17.2. The van der Waals surface area contributed by atoms with Gasteiger partial charge in [-0.05, 0) is 36.6 Å². The van der Waals surface area contributed by atoms with Crippen molar-refractivity contribution in [2.24, 2.45) is 5.92 Å². The monoisotopic (exact) mass is 395 g/mol. The summed E-state index contributed by atoms with van der Waals surface area (Å²) >= 11 is 6.15. The minimum Gasteiger partial charge on any atom is -0.352 e. The van der Waals surface area contributed by atoms with Crippen LogP contribution in [0.3, 0.4) is 0 Å². The van der Waals surface area contributed by atoms with Crippen molar-refractivity contribution >= 4 is 34.3 Å². The predicted molar refractivity (Wildman–Crippen MR) is 110 cm³/mol. The second-order valence-corrected chi connectivity index (χ2v) is 7.58. The Morgan fingerprint density at radius 1 is 1.14 bits per heavy atom. The first kappa shape index (κ1) is 18.6. The number of hydrogen-bond donors (Lipinski definition) is 2. The Hall–Kier alpha value is -2.79. The highest BCUT2D eigenvalue weighted by Crippen LogP contribution is 2.22. The van der Waals surface area contributed by atoms with Crippen LogP contribution in [-0.4, -0.2) is 34.8 Å². The molecule has 0 radical (unpaired) electrons. The Morgan fingerprint density at radius 2 is 1.93 bits per heavy atom. The van der Waals surface area contributed by atoms with Gasteiger partial charge in [0.05, 0.1) is 5.92 Å². The van der Waals surface area contributed by atoms with Crippen LogP contribution >= 0.6 is 11.6 Å². The van der Waals surface area contributed by atoms with Gasteiger partial charge in [0.15, 0.2) is 0 Å². The topological polar surface area (TPSA) is 65.2 Å². The molecule has 2 aromatic carbocycles. The Kier molecular flexibility index (Phi) is 5.35. The van der Waals surface area contributed by atoms with E-state index in [1.165, 1.54) is 0 Å². The van der Waals surface area contributed by atoms with E-state index in [-0.39, 0.29) is 17.7 Å². The Morgan fingerprint density at radius 3 is 2.75 bits per heavy atom. The summed E-state index contributed by atoms with van der Waals surface area (Å²) in [5, 5.41) is 4.61. The van der Waals surface area contributed by atoms with E-state index in [2.05, 4.69) is 10.3 Å². The van der Waals surface area contributed by atoms with Crippen LogP contribution in [0.1, 0.15) is 28.9 Å². The molecule has 0 aliphatic carbocycles. The first-order chi connectivity index (χ1) is 13.6. The van der Waals surface area contributed by atoms with E-state index in [9.17, 15) is 9.59 Å². The summed E-state index contributed by atoms with van der Waals surface area (Å²) in [4.78, 5) is 30.5. The molecule has 3 aromatic rings. The number of fused-ring (bicyclic) bond motifs is 1. The number of nitrogens with one attached hydrogen (secondary N) is 2. The first-order valence-corrected chi connectivity index (χ1v) is 9.88. The lowest BCUT2D eigenvalue weighted by Gasteiger charge is -2.31. The van der Waals surface area contributed by atoms with Crippen molar-refractivity contribution in [2.45, 2.75) is 19.4 Å². The molecule has 144 valence electrons. The molecule has 2 amide bonds. The van der Waals surface area contributed by atoms with E-state index in [0.29, 0.717) is 30.4 Å². The van der Waals surface area contributed by atoms with Crippen LogP contribution < -0.4 is 5.32 Å². The molecule has 1 aromatic heterocycles. The first-order valence-electron chi connectivity index (χ1n) is 9.50. The highest BCUT2D eigenvalue weighted by atomic mass is 35.5. The summed E-state index contributed by atoms with van der Waals surface area (Å²) in [5.74, 6) is -0.293. The predicted octanol–water partition coefficient (Wildman–Crippen LogP) is 3.99. The largest absolute Gasteiger partial charge is 0.352 e. The van der Waals surface area contributed by atoms with Crippen molar-refractivity contribution < 1.29 is 9.59 Å². The van der Waals surface area contributed by atoms with Gasteiger partial charge in [0.2, 0.25) is 5.91 Å². The van der Waals surface area contributed by atoms with E-state index in [1.54, 1.807) is 4.90 Å². The third kappa shape index (κ3) is 3.90. The molecule has 1 fully saturated rings. The number of amides is 2. The lowest BCUT2D eigenvalue weighted by Crippen LogP contribution is -2.45. The second-order valence-electron chi connectivity index (χ2n) is 7.17. The molecule has 0 unspecified atom stereocenters. The molecule has 0 bridgehead atoms. The fourth-order valence-electron chi connectivity index (χ4n) is 3.70. The van der Waals surface area contributed by atoms with Gasteiger partial charge < -0.3 is 15.2 Å². The molecule has 1 atom stereocenters. The second kappa shape index (κ2) is 8.07. The van der Waals surface area contributed by atoms with Gasteiger partial charge in [-0.2, -0.15) is 0 Å². The van der Waals surface area contributed by atoms with E-state index in [1.807, 2.05) is 54.6 Å². The maximum absolute atomic E-state index is 12.9. The van der Waals surface area contributed by atoms with Crippen LogP contribution in [0.25, 0.3) is 10.9 Å². The minimum atomic E-state index is -0.204. The van der Waals surface area contributed by atoms with Crippen molar-refractivity contribution in [3.05, 3.63) is 70.9 Å². The number of halogens is 1. The van der Waals surface area contributed by atoms with Gasteiger partial charge in [-0.1, -0.05) is 48.0 Å². The van der Waals surface area contributed by atoms with Crippen molar-refractivity contribution in [2.75, 3.05) is 13.1 Å². The number of rotatable bonds is 4.